The SMILES string of the molecule is NC(=S)c1cccn1Cc1cc(Br)ccc1F. The van der Waals surface area contributed by atoms with Crippen molar-refractivity contribution in [2.75, 3.05) is 0 Å². The van der Waals surface area contributed by atoms with Crippen molar-refractivity contribution in [3.8, 4) is 0 Å². The first-order chi connectivity index (χ1) is 8.08. The van der Waals surface area contributed by atoms with Crippen LogP contribution in [0.3, 0.4) is 0 Å². The molecule has 1 aromatic heterocycles. The summed E-state index contributed by atoms with van der Waals surface area (Å²) in [5.74, 6) is -0.240. The van der Waals surface area contributed by atoms with Crippen LogP contribution in [-0.4, -0.2) is 9.56 Å². The maximum atomic E-state index is 13.6. The molecule has 0 unspecified atom stereocenters. The molecule has 0 aliphatic heterocycles. The fourth-order valence-electron chi connectivity index (χ4n) is 1.62. The second-order valence-electron chi connectivity index (χ2n) is 3.62. The van der Waals surface area contributed by atoms with Crippen LogP contribution in [0.1, 0.15) is 11.3 Å². The van der Waals surface area contributed by atoms with E-state index in [1.807, 2.05) is 22.9 Å². The Kier molecular flexibility index (Phi) is 3.59. The predicted octanol–water partition coefficient (Wildman–Crippen LogP) is 3.07. The van der Waals surface area contributed by atoms with Crippen molar-refractivity contribution in [1.29, 1.82) is 0 Å². The largest absolute Gasteiger partial charge is 0.388 e. The van der Waals surface area contributed by atoms with Gasteiger partial charge in [0.1, 0.15) is 10.8 Å². The van der Waals surface area contributed by atoms with Gasteiger partial charge in [0, 0.05) is 16.2 Å². The summed E-state index contributed by atoms with van der Waals surface area (Å²) in [6.07, 6.45) is 1.83. The highest BCUT2D eigenvalue weighted by Crippen LogP contribution is 2.17. The molecule has 2 rings (SSSR count). The first-order valence-electron chi connectivity index (χ1n) is 4.97. The number of hydrogen-bond donors (Lipinski definition) is 1. The molecule has 0 atom stereocenters. The highest BCUT2D eigenvalue weighted by molar-refractivity contribution is 9.10. The number of nitrogens with two attached hydrogens (primary N) is 1. The normalized spacial score (nSPS) is 10.5. The van der Waals surface area contributed by atoms with Gasteiger partial charge in [-0.25, -0.2) is 4.39 Å². The molecule has 0 amide bonds. The van der Waals surface area contributed by atoms with Crippen LogP contribution in [-0.2, 0) is 6.54 Å². The fraction of sp³-hybridized carbons (Fsp3) is 0.0833. The van der Waals surface area contributed by atoms with E-state index in [-0.39, 0.29) is 5.82 Å². The molecule has 0 spiro atoms. The van der Waals surface area contributed by atoms with E-state index in [1.54, 1.807) is 12.1 Å². The average molecular weight is 313 g/mol. The van der Waals surface area contributed by atoms with Crippen LogP contribution >= 0.6 is 28.1 Å². The van der Waals surface area contributed by atoms with Gasteiger partial charge in [-0.3, -0.25) is 0 Å². The summed E-state index contributed by atoms with van der Waals surface area (Å²) in [5.41, 5.74) is 6.91. The molecule has 2 aromatic rings. The molecule has 17 heavy (non-hydrogen) atoms. The summed E-state index contributed by atoms with van der Waals surface area (Å²) in [6, 6.07) is 8.51. The van der Waals surface area contributed by atoms with Crippen molar-refractivity contribution < 1.29 is 4.39 Å². The van der Waals surface area contributed by atoms with E-state index in [2.05, 4.69) is 15.9 Å². The summed E-state index contributed by atoms with van der Waals surface area (Å²) < 4.78 is 16.3. The number of aromatic nitrogens is 1. The van der Waals surface area contributed by atoms with E-state index < -0.39 is 0 Å². The minimum Gasteiger partial charge on any atom is -0.388 e. The van der Waals surface area contributed by atoms with Gasteiger partial charge in [0.25, 0.3) is 0 Å². The Morgan fingerprint density at radius 3 is 2.88 bits per heavy atom. The summed E-state index contributed by atoms with van der Waals surface area (Å²) >= 11 is 8.25. The van der Waals surface area contributed by atoms with Gasteiger partial charge in [0.05, 0.1) is 12.2 Å². The number of halogens is 2. The van der Waals surface area contributed by atoms with Crippen molar-refractivity contribution >= 4 is 33.1 Å². The van der Waals surface area contributed by atoms with Crippen LogP contribution in [0.15, 0.2) is 41.0 Å². The van der Waals surface area contributed by atoms with Crippen LogP contribution in [0.5, 0.6) is 0 Å². The van der Waals surface area contributed by atoms with Crippen LogP contribution in [0.25, 0.3) is 0 Å². The molecule has 5 heteroatoms. The lowest BCUT2D eigenvalue weighted by Crippen LogP contribution is -2.16. The van der Waals surface area contributed by atoms with Crippen LogP contribution in [0, 0.1) is 5.82 Å². The minimum absolute atomic E-state index is 0.240. The third-order valence-corrected chi connectivity index (χ3v) is 3.13. The zero-order chi connectivity index (χ0) is 12.4. The Balaban J connectivity index is 2.34. The number of hydrogen-bond acceptors (Lipinski definition) is 1. The number of benzene rings is 1. The van der Waals surface area contributed by atoms with Crippen molar-refractivity contribution in [2.45, 2.75) is 6.54 Å². The Bertz CT molecular complexity index is 565. The molecular formula is C12H10BrFN2S. The molecule has 0 radical (unpaired) electrons. The molecule has 0 aliphatic carbocycles. The van der Waals surface area contributed by atoms with Gasteiger partial charge in [-0.1, -0.05) is 28.1 Å². The Morgan fingerprint density at radius 1 is 1.41 bits per heavy atom. The molecule has 0 saturated carbocycles. The zero-order valence-corrected chi connectivity index (χ0v) is 11.3. The average Bonchev–Trinajstić information content (AvgIpc) is 2.71. The minimum atomic E-state index is -0.240. The Morgan fingerprint density at radius 2 is 2.18 bits per heavy atom. The van der Waals surface area contributed by atoms with Crippen molar-refractivity contribution in [2.24, 2.45) is 5.73 Å². The number of rotatable bonds is 3. The molecule has 2 nitrogen and oxygen atoms in total. The van der Waals surface area contributed by atoms with Gasteiger partial charge >= 0.3 is 0 Å². The molecule has 0 saturated heterocycles. The Labute approximate surface area is 112 Å². The second-order valence-corrected chi connectivity index (χ2v) is 4.98. The topological polar surface area (TPSA) is 30.9 Å². The quantitative estimate of drug-likeness (QED) is 0.883. The highest BCUT2D eigenvalue weighted by Gasteiger charge is 2.07. The van der Waals surface area contributed by atoms with E-state index >= 15 is 0 Å². The number of nitrogens with zero attached hydrogens (tertiary/aromatic N) is 1. The van der Waals surface area contributed by atoms with E-state index in [4.69, 9.17) is 18.0 Å². The molecule has 88 valence electrons. The van der Waals surface area contributed by atoms with Gasteiger partial charge in [0.15, 0.2) is 0 Å². The van der Waals surface area contributed by atoms with E-state index in [9.17, 15) is 4.39 Å². The third-order valence-electron chi connectivity index (χ3n) is 2.43. The molecule has 0 aliphatic rings. The summed E-state index contributed by atoms with van der Waals surface area (Å²) in [4.78, 5) is 0.311. The third kappa shape index (κ3) is 2.73. The van der Waals surface area contributed by atoms with E-state index in [0.29, 0.717) is 17.1 Å². The second kappa shape index (κ2) is 4.98. The lowest BCUT2D eigenvalue weighted by Gasteiger charge is -2.09. The van der Waals surface area contributed by atoms with Gasteiger partial charge in [-0.15, -0.1) is 0 Å². The molecule has 0 bridgehead atoms. The fourth-order valence-corrected chi connectivity index (χ4v) is 2.22. The summed E-state index contributed by atoms with van der Waals surface area (Å²) in [6.45, 7) is 0.408. The maximum Gasteiger partial charge on any atom is 0.128 e. The highest BCUT2D eigenvalue weighted by atomic mass is 79.9. The van der Waals surface area contributed by atoms with E-state index in [1.165, 1.54) is 6.07 Å². The van der Waals surface area contributed by atoms with Crippen molar-refractivity contribution in [1.82, 2.24) is 4.57 Å². The van der Waals surface area contributed by atoms with Gasteiger partial charge in [-0.2, -0.15) is 0 Å². The molecule has 1 heterocycles. The number of thiocarbonyl (C=S) groups is 1. The van der Waals surface area contributed by atoms with Crippen LogP contribution in [0.4, 0.5) is 4.39 Å². The molecule has 2 N–H and O–H groups in total. The van der Waals surface area contributed by atoms with Crippen LogP contribution < -0.4 is 5.73 Å². The zero-order valence-electron chi connectivity index (χ0n) is 8.86. The predicted molar refractivity (Wildman–Crippen MR) is 73.5 cm³/mol. The first-order valence-corrected chi connectivity index (χ1v) is 6.17. The van der Waals surface area contributed by atoms with Gasteiger partial charge < -0.3 is 10.3 Å². The first kappa shape index (κ1) is 12.3. The molecular weight excluding hydrogens is 303 g/mol. The lowest BCUT2D eigenvalue weighted by atomic mass is 10.2. The smallest absolute Gasteiger partial charge is 0.128 e. The summed E-state index contributed by atoms with van der Waals surface area (Å²) in [7, 11) is 0. The standard InChI is InChI=1S/C12H10BrFN2S/c13-9-3-4-10(14)8(6-9)7-16-5-1-2-11(16)12(15)17/h1-6H,7H2,(H2,15,17). The monoisotopic (exact) mass is 312 g/mol. The molecule has 0 fully saturated rings. The van der Waals surface area contributed by atoms with Gasteiger partial charge in [0.2, 0.25) is 0 Å². The van der Waals surface area contributed by atoms with E-state index in [0.717, 1.165) is 10.2 Å². The maximum absolute atomic E-state index is 13.6. The summed E-state index contributed by atoms with van der Waals surface area (Å²) in [5, 5.41) is 0. The molecule has 1 aromatic carbocycles. The van der Waals surface area contributed by atoms with Crippen molar-refractivity contribution in [3.05, 3.63) is 58.1 Å². The lowest BCUT2D eigenvalue weighted by molar-refractivity contribution is 0.599. The van der Waals surface area contributed by atoms with Crippen LogP contribution in [0.2, 0.25) is 0 Å². The Hall–Kier alpha value is -1.20. The van der Waals surface area contributed by atoms with Gasteiger partial charge in [-0.05, 0) is 30.3 Å². The van der Waals surface area contributed by atoms with Crippen molar-refractivity contribution in [3.63, 3.8) is 0 Å².